The molecule has 6 nitrogen and oxygen atoms in total. The van der Waals surface area contributed by atoms with Crippen molar-refractivity contribution >= 4 is 17.8 Å². The minimum atomic E-state index is -1.30. The molecule has 21 heavy (non-hydrogen) atoms. The van der Waals surface area contributed by atoms with Crippen LogP contribution >= 0.6 is 0 Å². The van der Waals surface area contributed by atoms with Crippen LogP contribution in [0.3, 0.4) is 0 Å². The topological polar surface area (TPSA) is 92.7 Å². The van der Waals surface area contributed by atoms with E-state index in [2.05, 4.69) is 10.1 Å². The summed E-state index contributed by atoms with van der Waals surface area (Å²) < 4.78 is 18.1. The molecule has 0 aliphatic heterocycles. The van der Waals surface area contributed by atoms with Crippen LogP contribution in [0.1, 0.15) is 30.1 Å². The van der Waals surface area contributed by atoms with E-state index >= 15 is 0 Å². The van der Waals surface area contributed by atoms with Crippen LogP contribution in [0.5, 0.6) is 0 Å². The molecule has 0 aromatic heterocycles. The molecular formula is C14H16FNO5. The SMILES string of the molecule is CCOC(=O)CC[C@H](NC(=O)c1ccccc1F)C(=O)O. The normalized spacial score (nSPS) is 11.5. The van der Waals surface area contributed by atoms with E-state index in [9.17, 15) is 18.8 Å². The van der Waals surface area contributed by atoms with E-state index < -0.39 is 29.7 Å². The quantitative estimate of drug-likeness (QED) is 0.741. The number of hydrogen-bond donors (Lipinski definition) is 2. The van der Waals surface area contributed by atoms with Crippen LogP contribution in [0.25, 0.3) is 0 Å². The molecule has 0 fully saturated rings. The zero-order valence-corrected chi connectivity index (χ0v) is 11.5. The highest BCUT2D eigenvalue weighted by Gasteiger charge is 2.23. The number of halogens is 1. The van der Waals surface area contributed by atoms with Crippen molar-refractivity contribution in [3.63, 3.8) is 0 Å². The van der Waals surface area contributed by atoms with Crippen molar-refractivity contribution in [1.82, 2.24) is 5.32 Å². The van der Waals surface area contributed by atoms with Crippen molar-refractivity contribution in [2.75, 3.05) is 6.61 Å². The van der Waals surface area contributed by atoms with Gasteiger partial charge in [0.05, 0.1) is 12.2 Å². The molecule has 0 radical (unpaired) electrons. The maximum Gasteiger partial charge on any atom is 0.326 e. The highest BCUT2D eigenvalue weighted by atomic mass is 19.1. The van der Waals surface area contributed by atoms with E-state index in [0.29, 0.717) is 0 Å². The molecule has 0 saturated heterocycles. The summed E-state index contributed by atoms with van der Waals surface area (Å²) in [6.45, 7) is 1.82. The Morgan fingerprint density at radius 3 is 2.57 bits per heavy atom. The minimum absolute atomic E-state index is 0.131. The van der Waals surface area contributed by atoms with Gasteiger partial charge in [-0.05, 0) is 25.5 Å². The summed E-state index contributed by atoms with van der Waals surface area (Å²) in [6, 6.07) is 3.94. The van der Waals surface area contributed by atoms with E-state index in [0.717, 1.165) is 6.07 Å². The Kier molecular flexibility index (Phi) is 6.32. The molecule has 1 atom stereocenters. The van der Waals surface area contributed by atoms with Crippen molar-refractivity contribution in [1.29, 1.82) is 0 Å². The van der Waals surface area contributed by atoms with E-state index in [1.165, 1.54) is 18.2 Å². The molecule has 0 aliphatic carbocycles. The molecule has 0 saturated carbocycles. The van der Waals surface area contributed by atoms with Crippen molar-refractivity contribution < 1.29 is 28.6 Å². The fraction of sp³-hybridized carbons (Fsp3) is 0.357. The van der Waals surface area contributed by atoms with Gasteiger partial charge in [0, 0.05) is 6.42 Å². The molecular weight excluding hydrogens is 281 g/mol. The molecule has 2 N–H and O–H groups in total. The summed E-state index contributed by atoms with van der Waals surface area (Å²) in [6.07, 6.45) is -0.281. The number of carbonyl (C=O) groups is 3. The summed E-state index contributed by atoms with van der Waals surface area (Å²) in [5.41, 5.74) is -0.250. The summed E-state index contributed by atoms with van der Waals surface area (Å²) in [7, 11) is 0. The lowest BCUT2D eigenvalue weighted by atomic mass is 10.1. The third kappa shape index (κ3) is 5.21. The number of nitrogens with one attached hydrogen (secondary N) is 1. The largest absolute Gasteiger partial charge is 0.480 e. The molecule has 0 heterocycles. The minimum Gasteiger partial charge on any atom is -0.480 e. The first kappa shape index (κ1) is 16.6. The highest BCUT2D eigenvalue weighted by Crippen LogP contribution is 2.08. The Bertz CT molecular complexity index is 532. The van der Waals surface area contributed by atoms with Crippen molar-refractivity contribution in [2.45, 2.75) is 25.8 Å². The maximum absolute atomic E-state index is 13.4. The lowest BCUT2D eigenvalue weighted by Crippen LogP contribution is -2.41. The predicted molar refractivity (Wildman–Crippen MR) is 71.2 cm³/mol. The van der Waals surface area contributed by atoms with Gasteiger partial charge in [-0.25, -0.2) is 9.18 Å². The molecule has 1 aromatic carbocycles. The lowest BCUT2D eigenvalue weighted by molar-refractivity contribution is -0.144. The van der Waals surface area contributed by atoms with Crippen LogP contribution in [0.4, 0.5) is 4.39 Å². The number of benzene rings is 1. The van der Waals surface area contributed by atoms with Crippen LogP contribution in [-0.2, 0) is 14.3 Å². The van der Waals surface area contributed by atoms with Crippen molar-refractivity contribution in [3.05, 3.63) is 35.6 Å². The number of esters is 1. The van der Waals surface area contributed by atoms with E-state index in [4.69, 9.17) is 5.11 Å². The average Bonchev–Trinajstić information content (AvgIpc) is 2.43. The summed E-state index contributed by atoms with van der Waals surface area (Å²) >= 11 is 0. The zero-order valence-electron chi connectivity index (χ0n) is 11.5. The van der Waals surface area contributed by atoms with Gasteiger partial charge in [0.15, 0.2) is 0 Å². The van der Waals surface area contributed by atoms with Crippen LogP contribution in [0.2, 0.25) is 0 Å². The molecule has 0 bridgehead atoms. The molecule has 1 rings (SSSR count). The first-order chi connectivity index (χ1) is 9.95. The Balaban J connectivity index is 2.66. The van der Waals surface area contributed by atoms with Gasteiger partial charge >= 0.3 is 11.9 Å². The summed E-state index contributed by atoms with van der Waals surface area (Å²) in [4.78, 5) is 34.1. The number of rotatable bonds is 7. The van der Waals surface area contributed by atoms with Crippen LogP contribution in [0, 0.1) is 5.82 Å². The van der Waals surface area contributed by atoms with E-state index in [1.807, 2.05) is 0 Å². The maximum atomic E-state index is 13.4. The molecule has 7 heteroatoms. The number of carboxylic acids is 1. The lowest BCUT2D eigenvalue weighted by Gasteiger charge is -2.14. The zero-order chi connectivity index (χ0) is 15.8. The number of hydrogen-bond acceptors (Lipinski definition) is 4. The van der Waals surface area contributed by atoms with Crippen LogP contribution in [0.15, 0.2) is 24.3 Å². The van der Waals surface area contributed by atoms with Gasteiger partial charge in [0.2, 0.25) is 0 Å². The van der Waals surface area contributed by atoms with Gasteiger partial charge in [-0.3, -0.25) is 9.59 Å². The second kappa shape index (κ2) is 7.98. The standard InChI is InChI=1S/C14H16FNO5/c1-2-21-12(17)8-7-11(14(19)20)16-13(18)9-5-3-4-6-10(9)15/h3-6,11H,2,7-8H2,1H3,(H,16,18)(H,19,20)/t11-/m0/s1. The van der Waals surface area contributed by atoms with Gasteiger partial charge < -0.3 is 15.2 Å². The molecule has 114 valence electrons. The van der Waals surface area contributed by atoms with Crippen LogP contribution < -0.4 is 5.32 Å². The smallest absolute Gasteiger partial charge is 0.326 e. The van der Waals surface area contributed by atoms with Gasteiger partial charge in [-0.15, -0.1) is 0 Å². The highest BCUT2D eigenvalue weighted by molar-refractivity contribution is 5.96. The van der Waals surface area contributed by atoms with Crippen molar-refractivity contribution in [2.24, 2.45) is 0 Å². The number of carboxylic acid groups (broad SMARTS) is 1. The molecule has 0 unspecified atom stereocenters. The Morgan fingerprint density at radius 2 is 2.00 bits per heavy atom. The second-order valence-electron chi connectivity index (χ2n) is 4.19. The first-order valence-electron chi connectivity index (χ1n) is 6.39. The number of carbonyl (C=O) groups excluding carboxylic acids is 2. The van der Waals surface area contributed by atoms with Gasteiger partial charge in [-0.2, -0.15) is 0 Å². The summed E-state index contributed by atoms with van der Waals surface area (Å²) in [5.74, 6) is -3.44. The number of amides is 1. The third-order valence-corrected chi connectivity index (χ3v) is 2.66. The fourth-order valence-corrected chi connectivity index (χ4v) is 1.63. The molecule has 1 aromatic rings. The number of ether oxygens (including phenoxy) is 1. The van der Waals surface area contributed by atoms with E-state index in [-0.39, 0.29) is 25.0 Å². The fourth-order valence-electron chi connectivity index (χ4n) is 1.63. The first-order valence-corrected chi connectivity index (χ1v) is 6.39. The Labute approximate surface area is 120 Å². The monoisotopic (exact) mass is 297 g/mol. The Hall–Kier alpha value is -2.44. The van der Waals surface area contributed by atoms with Crippen LogP contribution in [-0.4, -0.2) is 35.6 Å². The third-order valence-electron chi connectivity index (χ3n) is 2.66. The van der Waals surface area contributed by atoms with E-state index in [1.54, 1.807) is 6.92 Å². The average molecular weight is 297 g/mol. The Morgan fingerprint density at radius 1 is 1.33 bits per heavy atom. The summed E-state index contributed by atoms with van der Waals surface area (Å²) in [5, 5.41) is 11.2. The molecule has 1 amide bonds. The van der Waals surface area contributed by atoms with Gasteiger partial charge in [-0.1, -0.05) is 12.1 Å². The second-order valence-corrected chi connectivity index (χ2v) is 4.19. The van der Waals surface area contributed by atoms with Gasteiger partial charge in [0.25, 0.3) is 5.91 Å². The van der Waals surface area contributed by atoms with Crippen molar-refractivity contribution in [3.8, 4) is 0 Å². The number of aliphatic carboxylic acids is 1. The molecule has 0 spiro atoms. The molecule has 0 aliphatic rings. The predicted octanol–water partition coefficient (Wildman–Crippen LogP) is 1.35. The van der Waals surface area contributed by atoms with Gasteiger partial charge in [0.1, 0.15) is 11.9 Å².